The first-order chi connectivity index (χ1) is 7.38. The zero-order chi connectivity index (χ0) is 10.5. The average molecular weight is 218 g/mol. The molecule has 2 aliphatic heterocycles. The van der Waals surface area contributed by atoms with Crippen LogP contribution < -0.4 is 0 Å². The average Bonchev–Trinajstić information content (AvgIpc) is 3.08. The molecule has 2 aliphatic rings. The largest absolute Gasteiger partial charge is 0.396 e. The van der Waals surface area contributed by atoms with E-state index in [9.17, 15) is 0 Å². The van der Waals surface area contributed by atoms with Crippen molar-refractivity contribution in [3.8, 4) is 0 Å². The molecule has 0 amide bonds. The highest BCUT2D eigenvalue weighted by atomic mass is 16.6. The highest BCUT2D eigenvalue weighted by Gasteiger charge is 2.25. The Kier molecular flexibility index (Phi) is 4.34. The van der Waals surface area contributed by atoms with Crippen LogP contribution in [0.15, 0.2) is 0 Å². The molecule has 0 saturated carbocycles. The molecule has 0 aliphatic carbocycles. The SMILES string of the molecule is OCCC(COCC1CO1)OCC1CO1. The van der Waals surface area contributed by atoms with E-state index in [1.165, 1.54) is 0 Å². The molecule has 0 aromatic carbocycles. The summed E-state index contributed by atoms with van der Waals surface area (Å²) >= 11 is 0. The van der Waals surface area contributed by atoms with Gasteiger partial charge in [0.05, 0.1) is 39.1 Å². The number of aliphatic hydroxyl groups excluding tert-OH is 1. The second-order valence-electron chi connectivity index (χ2n) is 3.92. The molecule has 0 spiro atoms. The molecule has 0 radical (unpaired) electrons. The standard InChI is InChI=1S/C10H18O5/c11-2-1-8(13-6-10-7-15-10)3-12-4-9-5-14-9/h8-11H,1-7H2. The fourth-order valence-electron chi connectivity index (χ4n) is 1.26. The van der Waals surface area contributed by atoms with Gasteiger partial charge in [-0.05, 0) is 6.42 Å². The molecule has 0 aromatic heterocycles. The molecule has 0 aromatic rings. The van der Waals surface area contributed by atoms with Crippen molar-refractivity contribution in [2.45, 2.75) is 24.7 Å². The minimum absolute atomic E-state index is 0.0297. The van der Waals surface area contributed by atoms with E-state index in [2.05, 4.69) is 0 Å². The predicted molar refractivity (Wildman–Crippen MR) is 51.7 cm³/mol. The van der Waals surface area contributed by atoms with E-state index in [4.69, 9.17) is 24.1 Å². The van der Waals surface area contributed by atoms with Crippen LogP contribution in [0, 0.1) is 0 Å². The normalized spacial score (nSPS) is 30.2. The first-order valence-electron chi connectivity index (χ1n) is 5.42. The third-order valence-corrected chi connectivity index (χ3v) is 2.38. The van der Waals surface area contributed by atoms with Crippen molar-refractivity contribution in [2.75, 3.05) is 39.6 Å². The number of aliphatic hydroxyl groups is 1. The molecule has 15 heavy (non-hydrogen) atoms. The molecule has 3 atom stereocenters. The number of rotatable bonds is 9. The molecule has 5 nitrogen and oxygen atoms in total. The molecule has 2 heterocycles. The van der Waals surface area contributed by atoms with Gasteiger partial charge in [-0.3, -0.25) is 0 Å². The number of epoxide rings is 2. The van der Waals surface area contributed by atoms with Crippen molar-refractivity contribution < 1.29 is 24.1 Å². The van der Waals surface area contributed by atoms with Gasteiger partial charge in [0.1, 0.15) is 12.2 Å². The van der Waals surface area contributed by atoms with Gasteiger partial charge in [-0.15, -0.1) is 0 Å². The number of hydrogen-bond acceptors (Lipinski definition) is 5. The highest BCUT2D eigenvalue weighted by molar-refractivity contribution is 4.70. The smallest absolute Gasteiger partial charge is 0.104 e. The quantitative estimate of drug-likeness (QED) is 0.532. The van der Waals surface area contributed by atoms with Crippen LogP contribution in [0.2, 0.25) is 0 Å². The summed E-state index contributed by atoms with van der Waals surface area (Å²) in [7, 11) is 0. The van der Waals surface area contributed by atoms with E-state index in [0.29, 0.717) is 26.2 Å². The first kappa shape index (κ1) is 11.3. The molecule has 5 heteroatoms. The van der Waals surface area contributed by atoms with Crippen LogP contribution in [-0.2, 0) is 18.9 Å². The molecule has 1 N–H and O–H groups in total. The predicted octanol–water partition coefficient (Wildman–Crippen LogP) is -0.432. The van der Waals surface area contributed by atoms with Crippen molar-refractivity contribution in [1.29, 1.82) is 0 Å². The van der Waals surface area contributed by atoms with Gasteiger partial charge in [-0.25, -0.2) is 0 Å². The summed E-state index contributed by atoms with van der Waals surface area (Å²) in [5.41, 5.74) is 0. The van der Waals surface area contributed by atoms with Crippen molar-refractivity contribution >= 4 is 0 Å². The van der Waals surface area contributed by atoms with Crippen LogP contribution in [0.4, 0.5) is 0 Å². The van der Waals surface area contributed by atoms with Gasteiger partial charge in [0.15, 0.2) is 0 Å². The molecule has 2 saturated heterocycles. The van der Waals surface area contributed by atoms with Crippen molar-refractivity contribution in [1.82, 2.24) is 0 Å². The Hall–Kier alpha value is -0.200. The summed E-state index contributed by atoms with van der Waals surface area (Å²) < 4.78 is 21.0. The topological polar surface area (TPSA) is 63.8 Å². The monoisotopic (exact) mass is 218 g/mol. The summed E-state index contributed by atoms with van der Waals surface area (Å²) in [4.78, 5) is 0. The Morgan fingerprint density at radius 2 is 1.87 bits per heavy atom. The molecular formula is C10H18O5. The van der Waals surface area contributed by atoms with Gasteiger partial charge >= 0.3 is 0 Å². The molecule has 0 bridgehead atoms. The second-order valence-corrected chi connectivity index (χ2v) is 3.92. The van der Waals surface area contributed by atoms with Crippen molar-refractivity contribution in [3.63, 3.8) is 0 Å². The highest BCUT2D eigenvalue weighted by Crippen LogP contribution is 2.12. The van der Waals surface area contributed by atoms with Crippen LogP contribution in [0.1, 0.15) is 6.42 Å². The minimum Gasteiger partial charge on any atom is -0.396 e. The lowest BCUT2D eigenvalue weighted by Crippen LogP contribution is -2.24. The number of hydrogen-bond donors (Lipinski definition) is 1. The number of ether oxygens (including phenoxy) is 4. The molecular weight excluding hydrogens is 200 g/mol. The minimum atomic E-state index is -0.0297. The van der Waals surface area contributed by atoms with Gasteiger partial charge in [0.25, 0.3) is 0 Å². The third-order valence-electron chi connectivity index (χ3n) is 2.38. The Bertz CT molecular complexity index is 179. The Morgan fingerprint density at radius 3 is 2.47 bits per heavy atom. The van der Waals surface area contributed by atoms with Crippen LogP contribution in [0.25, 0.3) is 0 Å². The van der Waals surface area contributed by atoms with Gasteiger partial charge < -0.3 is 24.1 Å². The Morgan fingerprint density at radius 1 is 1.20 bits per heavy atom. The van der Waals surface area contributed by atoms with Crippen LogP contribution >= 0.6 is 0 Å². The Balaban J connectivity index is 1.53. The summed E-state index contributed by atoms with van der Waals surface area (Å²) in [6.45, 7) is 3.48. The summed E-state index contributed by atoms with van der Waals surface area (Å²) in [6, 6.07) is 0. The molecule has 2 fully saturated rings. The van der Waals surface area contributed by atoms with Crippen molar-refractivity contribution in [2.24, 2.45) is 0 Å². The first-order valence-corrected chi connectivity index (χ1v) is 5.42. The van der Waals surface area contributed by atoms with E-state index < -0.39 is 0 Å². The summed E-state index contributed by atoms with van der Waals surface area (Å²) in [5, 5.41) is 8.85. The lowest BCUT2D eigenvalue weighted by molar-refractivity contribution is -0.0338. The van der Waals surface area contributed by atoms with E-state index in [1.54, 1.807) is 0 Å². The van der Waals surface area contributed by atoms with E-state index >= 15 is 0 Å². The maximum atomic E-state index is 8.85. The fourth-order valence-corrected chi connectivity index (χ4v) is 1.26. The van der Waals surface area contributed by atoms with Gasteiger partial charge in [0.2, 0.25) is 0 Å². The van der Waals surface area contributed by atoms with Gasteiger partial charge in [-0.1, -0.05) is 0 Å². The molecule has 88 valence electrons. The lowest BCUT2D eigenvalue weighted by atomic mass is 10.3. The maximum absolute atomic E-state index is 8.85. The van der Waals surface area contributed by atoms with Crippen LogP contribution in [0.3, 0.4) is 0 Å². The molecule has 3 unspecified atom stereocenters. The molecule has 2 rings (SSSR count). The third kappa shape index (κ3) is 4.90. The van der Waals surface area contributed by atoms with Crippen molar-refractivity contribution in [3.05, 3.63) is 0 Å². The van der Waals surface area contributed by atoms with Crippen LogP contribution in [-0.4, -0.2) is 63.1 Å². The fraction of sp³-hybridized carbons (Fsp3) is 1.00. The lowest BCUT2D eigenvalue weighted by Gasteiger charge is -2.16. The summed E-state index contributed by atoms with van der Waals surface area (Å²) in [6.07, 6.45) is 1.13. The van der Waals surface area contributed by atoms with E-state index in [1.807, 2.05) is 0 Å². The second kappa shape index (κ2) is 5.77. The maximum Gasteiger partial charge on any atom is 0.104 e. The van der Waals surface area contributed by atoms with Gasteiger partial charge in [0, 0.05) is 6.61 Å². The van der Waals surface area contributed by atoms with E-state index in [-0.39, 0.29) is 24.9 Å². The Labute approximate surface area is 89.3 Å². The zero-order valence-electron chi connectivity index (χ0n) is 8.76. The zero-order valence-corrected chi connectivity index (χ0v) is 8.76. The van der Waals surface area contributed by atoms with Gasteiger partial charge in [-0.2, -0.15) is 0 Å². The van der Waals surface area contributed by atoms with Crippen LogP contribution in [0.5, 0.6) is 0 Å². The van der Waals surface area contributed by atoms with E-state index in [0.717, 1.165) is 13.2 Å². The summed E-state index contributed by atoms with van der Waals surface area (Å²) in [5.74, 6) is 0.